The molecule has 0 aliphatic carbocycles. The van der Waals surface area contributed by atoms with Gasteiger partial charge in [0.05, 0.1) is 7.11 Å². The Bertz CT molecular complexity index is 764. The van der Waals surface area contributed by atoms with Gasteiger partial charge in [0.25, 0.3) is 0 Å². The van der Waals surface area contributed by atoms with Crippen LogP contribution in [0.4, 0.5) is 5.82 Å². The van der Waals surface area contributed by atoms with Crippen molar-refractivity contribution >= 4 is 35.8 Å². The third kappa shape index (κ3) is 5.88. The van der Waals surface area contributed by atoms with Gasteiger partial charge in [-0.25, -0.2) is 4.98 Å². The van der Waals surface area contributed by atoms with Crippen LogP contribution in [-0.2, 0) is 6.54 Å². The average Bonchev–Trinajstić information content (AvgIpc) is 2.73. The number of benzene rings is 1. The van der Waals surface area contributed by atoms with E-state index in [1.165, 1.54) is 0 Å². The second kappa shape index (κ2) is 10.9. The predicted molar refractivity (Wildman–Crippen MR) is 123 cm³/mol. The zero-order valence-corrected chi connectivity index (χ0v) is 18.6. The summed E-state index contributed by atoms with van der Waals surface area (Å²) in [6.45, 7) is 2.39. The van der Waals surface area contributed by atoms with Crippen LogP contribution in [0.5, 0.6) is 11.5 Å². The molecule has 8 heteroatoms. The van der Waals surface area contributed by atoms with E-state index in [2.05, 4.69) is 31.6 Å². The van der Waals surface area contributed by atoms with Gasteiger partial charge in [-0.1, -0.05) is 6.07 Å². The van der Waals surface area contributed by atoms with Gasteiger partial charge in [-0.2, -0.15) is 0 Å². The van der Waals surface area contributed by atoms with Gasteiger partial charge in [0.15, 0.2) is 5.96 Å². The largest absolute Gasteiger partial charge is 0.508 e. The van der Waals surface area contributed by atoms with Gasteiger partial charge in [0, 0.05) is 44.5 Å². The van der Waals surface area contributed by atoms with Gasteiger partial charge in [-0.15, -0.1) is 24.0 Å². The third-order valence-electron chi connectivity index (χ3n) is 4.77. The minimum atomic E-state index is 0. The highest BCUT2D eigenvalue weighted by Gasteiger charge is 2.20. The molecule has 1 aromatic heterocycles. The molecule has 3 rings (SSSR count). The van der Waals surface area contributed by atoms with Gasteiger partial charge in [-0.05, 0) is 43.2 Å². The van der Waals surface area contributed by atoms with Crippen molar-refractivity contribution in [2.45, 2.75) is 25.4 Å². The Morgan fingerprint density at radius 1 is 1.29 bits per heavy atom. The number of methoxy groups -OCH3 is 1. The highest BCUT2D eigenvalue weighted by molar-refractivity contribution is 14.0. The van der Waals surface area contributed by atoms with Gasteiger partial charge in [0.1, 0.15) is 17.3 Å². The summed E-state index contributed by atoms with van der Waals surface area (Å²) in [6.07, 6.45) is 3.86. The maximum atomic E-state index is 10.0. The van der Waals surface area contributed by atoms with Crippen LogP contribution in [0.3, 0.4) is 0 Å². The Balaban J connectivity index is 0.00000280. The van der Waals surface area contributed by atoms with Crippen LogP contribution < -0.4 is 20.3 Å². The number of phenols is 1. The summed E-state index contributed by atoms with van der Waals surface area (Å²) in [7, 11) is 3.37. The number of aromatic hydroxyl groups is 1. The molecule has 1 fully saturated rings. The summed E-state index contributed by atoms with van der Waals surface area (Å²) >= 11 is 0. The predicted octanol–water partition coefficient (Wildman–Crippen LogP) is 2.75. The molecule has 3 N–H and O–H groups in total. The van der Waals surface area contributed by atoms with Crippen molar-refractivity contribution in [3.63, 3.8) is 0 Å². The van der Waals surface area contributed by atoms with Crippen LogP contribution in [0.2, 0.25) is 0 Å². The fourth-order valence-electron chi connectivity index (χ4n) is 3.19. The van der Waals surface area contributed by atoms with Crippen LogP contribution in [-0.4, -0.2) is 49.3 Å². The Morgan fingerprint density at radius 3 is 2.71 bits per heavy atom. The lowest BCUT2D eigenvalue weighted by Crippen LogP contribution is -2.48. The van der Waals surface area contributed by atoms with Gasteiger partial charge in [0.2, 0.25) is 0 Å². The molecule has 1 saturated heterocycles. The number of phenolic OH excluding ortho intramolecular Hbond substituents is 1. The Morgan fingerprint density at radius 2 is 2.07 bits per heavy atom. The third-order valence-corrected chi connectivity index (χ3v) is 4.77. The van der Waals surface area contributed by atoms with E-state index in [4.69, 9.17) is 4.74 Å². The number of nitrogens with zero attached hydrogens (tertiary/aromatic N) is 3. The number of halogens is 1. The van der Waals surface area contributed by atoms with Crippen molar-refractivity contribution < 1.29 is 9.84 Å². The number of hydrogen-bond acceptors (Lipinski definition) is 5. The Hall–Kier alpha value is -2.23. The van der Waals surface area contributed by atoms with Crippen LogP contribution in [0, 0.1) is 0 Å². The quantitative estimate of drug-likeness (QED) is 0.335. The van der Waals surface area contributed by atoms with Gasteiger partial charge < -0.3 is 25.4 Å². The summed E-state index contributed by atoms with van der Waals surface area (Å²) < 4.78 is 5.22. The number of aromatic nitrogens is 1. The summed E-state index contributed by atoms with van der Waals surface area (Å²) in [6, 6.07) is 11.6. The van der Waals surface area contributed by atoms with E-state index in [1.807, 2.05) is 24.4 Å². The highest BCUT2D eigenvalue weighted by atomic mass is 127. The standard InChI is InChI=1S/C20H27N5O2.HI/c1-21-20(23-14-15-13-17(27-2)6-7-18(15)26)24-16-8-11-25(12-9-16)19-5-3-4-10-22-19;/h3-7,10,13,16,26H,8-9,11-12,14H2,1-2H3,(H2,21,23,24);1H. The zero-order chi connectivity index (χ0) is 19.1. The van der Waals surface area contributed by atoms with E-state index in [0.717, 1.165) is 49.0 Å². The molecule has 1 aliphatic heterocycles. The van der Waals surface area contributed by atoms with Gasteiger partial charge >= 0.3 is 0 Å². The maximum Gasteiger partial charge on any atom is 0.191 e. The van der Waals surface area contributed by atoms with E-state index in [1.54, 1.807) is 26.3 Å². The van der Waals surface area contributed by atoms with E-state index >= 15 is 0 Å². The summed E-state index contributed by atoms with van der Waals surface area (Å²) in [4.78, 5) is 11.0. The van der Waals surface area contributed by atoms with Crippen molar-refractivity contribution in [1.82, 2.24) is 15.6 Å². The molecule has 1 aromatic carbocycles. The van der Waals surface area contributed by atoms with Crippen molar-refractivity contribution in [3.05, 3.63) is 48.2 Å². The lowest BCUT2D eigenvalue weighted by atomic mass is 10.1. The number of anilines is 1. The molecular weight excluding hydrogens is 469 g/mol. The molecular formula is C20H28IN5O2. The molecule has 7 nitrogen and oxygen atoms in total. The lowest BCUT2D eigenvalue weighted by Gasteiger charge is -2.33. The molecule has 0 saturated carbocycles. The lowest BCUT2D eigenvalue weighted by molar-refractivity contribution is 0.410. The summed E-state index contributed by atoms with van der Waals surface area (Å²) in [5.74, 6) is 2.72. The normalized spacial score (nSPS) is 14.9. The van der Waals surface area contributed by atoms with Crippen molar-refractivity contribution in [2.75, 3.05) is 32.1 Å². The molecule has 0 atom stereocenters. The highest BCUT2D eigenvalue weighted by Crippen LogP contribution is 2.22. The monoisotopic (exact) mass is 497 g/mol. The van der Waals surface area contributed by atoms with Crippen molar-refractivity contribution in [3.8, 4) is 11.5 Å². The molecule has 2 aromatic rings. The average molecular weight is 497 g/mol. The first-order chi connectivity index (χ1) is 13.2. The van der Waals surface area contributed by atoms with Crippen LogP contribution >= 0.6 is 24.0 Å². The second-order valence-electron chi connectivity index (χ2n) is 6.51. The van der Waals surface area contributed by atoms with Crippen molar-refractivity contribution in [1.29, 1.82) is 0 Å². The molecule has 152 valence electrons. The smallest absolute Gasteiger partial charge is 0.191 e. The van der Waals surface area contributed by atoms with E-state index < -0.39 is 0 Å². The number of aliphatic imine (C=N–C) groups is 1. The first kappa shape index (κ1) is 22.1. The fourth-order valence-corrected chi connectivity index (χ4v) is 3.19. The molecule has 0 spiro atoms. The van der Waals surface area contributed by atoms with Crippen LogP contribution in [0.15, 0.2) is 47.6 Å². The summed E-state index contributed by atoms with van der Waals surface area (Å²) in [5, 5.41) is 16.7. The fraction of sp³-hybridized carbons (Fsp3) is 0.400. The van der Waals surface area contributed by atoms with Crippen molar-refractivity contribution in [2.24, 2.45) is 4.99 Å². The topological polar surface area (TPSA) is 82.0 Å². The number of pyridine rings is 1. The summed E-state index contributed by atoms with van der Waals surface area (Å²) in [5.41, 5.74) is 0.766. The first-order valence-electron chi connectivity index (χ1n) is 9.18. The van der Waals surface area contributed by atoms with Crippen LogP contribution in [0.1, 0.15) is 18.4 Å². The molecule has 1 aliphatic rings. The number of nitrogens with one attached hydrogen (secondary N) is 2. The number of hydrogen-bond donors (Lipinski definition) is 3. The Kier molecular flexibility index (Phi) is 8.62. The molecule has 0 bridgehead atoms. The second-order valence-corrected chi connectivity index (χ2v) is 6.51. The molecule has 0 unspecified atom stereocenters. The van der Waals surface area contributed by atoms with Gasteiger partial charge in [-0.3, -0.25) is 4.99 Å². The maximum absolute atomic E-state index is 10.0. The minimum absolute atomic E-state index is 0. The first-order valence-corrected chi connectivity index (χ1v) is 9.18. The van der Waals surface area contributed by atoms with E-state index in [-0.39, 0.29) is 29.7 Å². The Labute approximate surface area is 183 Å². The minimum Gasteiger partial charge on any atom is -0.508 e. The molecule has 0 radical (unpaired) electrons. The van der Waals surface area contributed by atoms with E-state index in [0.29, 0.717) is 12.6 Å². The number of rotatable bonds is 5. The van der Waals surface area contributed by atoms with E-state index in [9.17, 15) is 5.11 Å². The molecule has 0 amide bonds. The SMILES string of the molecule is CN=C(NCc1cc(OC)ccc1O)NC1CCN(c2ccccn2)CC1.I. The zero-order valence-electron chi connectivity index (χ0n) is 16.3. The number of ether oxygens (including phenoxy) is 1. The molecule has 28 heavy (non-hydrogen) atoms. The number of guanidine groups is 1. The number of piperidine rings is 1. The molecule has 2 heterocycles. The van der Waals surface area contributed by atoms with Crippen LogP contribution in [0.25, 0.3) is 0 Å².